The second-order valence-electron chi connectivity index (χ2n) is 6.69. The number of carbonyl (C=O) groups is 2. The van der Waals surface area contributed by atoms with Crippen molar-refractivity contribution in [2.75, 3.05) is 12.3 Å². The van der Waals surface area contributed by atoms with Crippen LogP contribution in [0.25, 0.3) is 0 Å². The third kappa shape index (κ3) is 7.84. The van der Waals surface area contributed by atoms with Gasteiger partial charge in [0.05, 0.1) is 13.2 Å². The molecule has 1 heterocycles. The molecule has 32 heavy (non-hydrogen) atoms. The predicted molar refractivity (Wildman–Crippen MR) is 131 cm³/mol. The molecule has 1 aromatic heterocycles. The molecular weight excluding hydrogens is 519 g/mol. The van der Waals surface area contributed by atoms with Gasteiger partial charge in [-0.3, -0.25) is 9.59 Å². The van der Waals surface area contributed by atoms with Crippen molar-refractivity contribution in [3.63, 3.8) is 0 Å². The average molecular weight is 543 g/mol. The molecule has 0 fully saturated rings. The van der Waals surface area contributed by atoms with Crippen molar-refractivity contribution in [1.82, 2.24) is 14.9 Å². The third-order valence-electron chi connectivity index (χ3n) is 4.26. The summed E-state index contributed by atoms with van der Waals surface area (Å²) in [5.74, 6) is 0.766. The molecule has 4 N–H and O–H groups in total. The first-order chi connectivity index (χ1) is 15.0. The van der Waals surface area contributed by atoms with E-state index in [2.05, 4.69) is 32.2 Å². The Morgan fingerprint density at radius 2 is 2.09 bits per heavy atom. The maximum atomic E-state index is 12.9. The molecule has 9 nitrogen and oxygen atoms in total. The fourth-order valence-electron chi connectivity index (χ4n) is 2.60. The number of amides is 1. The van der Waals surface area contributed by atoms with Gasteiger partial charge in [-0.1, -0.05) is 28.1 Å². The second-order valence-corrected chi connectivity index (χ2v) is 10.2. The highest BCUT2D eigenvalue weighted by molar-refractivity contribution is 9.10. The number of nitrogens with zero attached hydrogens (tertiary/aromatic N) is 3. The van der Waals surface area contributed by atoms with E-state index in [1.165, 1.54) is 4.90 Å². The maximum absolute atomic E-state index is 12.9. The van der Waals surface area contributed by atoms with E-state index < -0.39 is 7.57 Å². The van der Waals surface area contributed by atoms with Gasteiger partial charge in [0.25, 0.3) is 0 Å². The summed E-state index contributed by atoms with van der Waals surface area (Å²) < 4.78 is 5.62. The molecule has 1 amide bonds. The summed E-state index contributed by atoms with van der Waals surface area (Å²) in [6.07, 6.45) is 5.48. The van der Waals surface area contributed by atoms with Gasteiger partial charge in [-0.15, -0.1) is 0 Å². The normalized spacial score (nSPS) is 12.3. The SMILES string of the molecule is C=P(O)(O)OCC/C(SC(=O)c1ccccc1Br)=C(\C)N(C=O)Cc1cnc(C)nc1N. The van der Waals surface area contributed by atoms with Crippen LogP contribution >= 0.6 is 35.3 Å². The number of halogens is 1. The van der Waals surface area contributed by atoms with E-state index in [0.29, 0.717) is 38.4 Å². The zero-order chi connectivity index (χ0) is 23.9. The zero-order valence-corrected chi connectivity index (χ0v) is 20.9. The van der Waals surface area contributed by atoms with Crippen LogP contribution in [0.3, 0.4) is 0 Å². The molecule has 0 unspecified atom stereocenters. The molecule has 0 radical (unpaired) electrons. The highest BCUT2D eigenvalue weighted by atomic mass is 79.9. The minimum absolute atomic E-state index is 0.0991. The Labute approximate surface area is 199 Å². The zero-order valence-electron chi connectivity index (χ0n) is 17.6. The number of allylic oxidation sites excluding steroid dienone is 1. The molecule has 0 saturated heterocycles. The van der Waals surface area contributed by atoms with Crippen LogP contribution in [0.15, 0.2) is 45.5 Å². The first kappa shape index (κ1) is 26.2. The highest BCUT2D eigenvalue weighted by Crippen LogP contribution is 2.37. The number of hydrogen-bond acceptors (Lipinski definition) is 9. The van der Waals surface area contributed by atoms with E-state index in [9.17, 15) is 19.4 Å². The van der Waals surface area contributed by atoms with Gasteiger partial charge in [-0.05, 0) is 44.0 Å². The lowest BCUT2D eigenvalue weighted by molar-refractivity contribution is -0.116. The first-order valence-corrected chi connectivity index (χ1v) is 12.7. The van der Waals surface area contributed by atoms with Crippen molar-refractivity contribution in [3.05, 3.63) is 62.5 Å². The monoisotopic (exact) mass is 542 g/mol. The van der Waals surface area contributed by atoms with Crippen LogP contribution in [0.4, 0.5) is 5.82 Å². The number of anilines is 1. The summed E-state index contributed by atoms with van der Waals surface area (Å²) in [4.78, 5) is 53.7. The van der Waals surface area contributed by atoms with Gasteiger partial charge in [-0.25, -0.2) is 9.97 Å². The number of nitrogen functional groups attached to an aromatic ring is 1. The molecule has 0 aliphatic carbocycles. The summed E-state index contributed by atoms with van der Waals surface area (Å²) in [7, 11) is -3.69. The molecule has 2 rings (SSSR count). The predicted octanol–water partition coefficient (Wildman–Crippen LogP) is 3.48. The maximum Gasteiger partial charge on any atom is 0.245 e. The number of aryl methyl sites for hydroxylation is 1. The van der Waals surface area contributed by atoms with Crippen molar-refractivity contribution in [2.45, 2.75) is 26.8 Å². The van der Waals surface area contributed by atoms with Crippen molar-refractivity contribution >= 4 is 58.9 Å². The molecular formula is C20H24BrN4O5PS. The number of rotatable bonds is 10. The van der Waals surface area contributed by atoms with Gasteiger partial charge in [0.15, 0.2) is 0 Å². The van der Waals surface area contributed by atoms with Crippen LogP contribution in [-0.2, 0) is 15.9 Å². The number of nitrogens with two attached hydrogens (primary N) is 1. The van der Waals surface area contributed by atoms with Gasteiger partial charge >= 0.3 is 0 Å². The quantitative estimate of drug-likeness (QED) is 0.304. The standard InChI is InChI=1S/C20H24BrN4O5PS/c1-13(25(12-26)11-15-10-23-14(2)24-19(15)22)18(8-9-30-31(3,28)29)32-20(27)16-6-4-5-7-17(16)21/h4-7,10,12,28-29H,3,8-9,11H2,1-2H3,(H2,22,23,24)/b18-13-. The Bertz CT molecular complexity index is 1080. The Kier molecular flexibility index (Phi) is 9.63. The Hall–Kier alpha value is -2.01. The highest BCUT2D eigenvalue weighted by Gasteiger charge is 2.19. The first-order valence-electron chi connectivity index (χ1n) is 9.31. The number of aromatic nitrogens is 2. The van der Waals surface area contributed by atoms with E-state index in [1.54, 1.807) is 44.3 Å². The van der Waals surface area contributed by atoms with Crippen LogP contribution in [0.1, 0.15) is 35.1 Å². The summed E-state index contributed by atoms with van der Waals surface area (Å²) >= 11 is 4.29. The van der Waals surface area contributed by atoms with Crippen LogP contribution < -0.4 is 5.73 Å². The molecule has 0 aliphatic rings. The van der Waals surface area contributed by atoms with E-state index in [-0.39, 0.29) is 30.5 Å². The molecule has 0 atom stereocenters. The summed E-state index contributed by atoms with van der Waals surface area (Å²) in [6, 6.07) is 6.97. The Morgan fingerprint density at radius 1 is 1.41 bits per heavy atom. The number of benzene rings is 1. The molecule has 2 aromatic rings. The van der Waals surface area contributed by atoms with E-state index in [0.717, 1.165) is 11.8 Å². The van der Waals surface area contributed by atoms with Gasteiger partial charge < -0.3 is 24.9 Å². The van der Waals surface area contributed by atoms with Gasteiger partial charge in [0, 0.05) is 38.8 Å². The third-order valence-corrected chi connectivity index (χ3v) is 6.70. The number of thioether (sulfide) groups is 1. The lowest BCUT2D eigenvalue weighted by atomic mass is 10.2. The lowest BCUT2D eigenvalue weighted by Gasteiger charge is -2.22. The molecule has 0 aliphatic heterocycles. The van der Waals surface area contributed by atoms with E-state index in [1.807, 2.05) is 0 Å². The fraction of sp³-hybridized carbons (Fsp3) is 0.250. The summed E-state index contributed by atoms with van der Waals surface area (Å²) in [6.45, 7) is 3.38. The minimum atomic E-state index is -3.69. The summed E-state index contributed by atoms with van der Waals surface area (Å²) in [5.41, 5.74) is 7.44. The Morgan fingerprint density at radius 3 is 2.69 bits per heavy atom. The molecule has 0 bridgehead atoms. The lowest BCUT2D eigenvalue weighted by Crippen LogP contribution is -2.22. The smallest absolute Gasteiger partial charge is 0.245 e. The molecule has 0 spiro atoms. The van der Waals surface area contributed by atoms with Gasteiger partial charge in [-0.2, -0.15) is 0 Å². The van der Waals surface area contributed by atoms with Gasteiger partial charge in [0.2, 0.25) is 19.1 Å². The molecule has 12 heteroatoms. The minimum Gasteiger partial charge on any atom is -0.383 e. The van der Waals surface area contributed by atoms with E-state index in [4.69, 9.17) is 10.3 Å². The molecule has 1 aromatic carbocycles. The largest absolute Gasteiger partial charge is 0.383 e. The molecule has 172 valence electrons. The van der Waals surface area contributed by atoms with Crippen LogP contribution in [0, 0.1) is 6.92 Å². The van der Waals surface area contributed by atoms with Crippen molar-refractivity contribution < 1.29 is 23.9 Å². The van der Waals surface area contributed by atoms with Crippen LogP contribution in [-0.4, -0.2) is 49.1 Å². The average Bonchev–Trinajstić information content (AvgIpc) is 2.71. The fourth-order valence-corrected chi connectivity index (χ4v) is 4.54. The van der Waals surface area contributed by atoms with E-state index >= 15 is 0 Å². The van der Waals surface area contributed by atoms with Crippen LogP contribution in [0.2, 0.25) is 0 Å². The second kappa shape index (κ2) is 11.7. The molecule has 0 saturated carbocycles. The summed E-state index contributed by atoms with van der Waals surface area (Å²) in [5, 5.41) is -0.250. The van der Waals surface area contributed by atoms with Crippen molar-refractivity contribution in [1.29, 1.82) is 0 Å². The van der Waals surface area contributed by atoms with Crippen molar-refractivity contribution in [2.24, 2.45) is 0 Å². The number of carbonyl (C=O) groups excluding carboxylic acids is 2. The number of hydrogen-bond donors (Lipinski definition) is 3. The van der Waals surface area contributed by atoms with Crippen LogP contribution in [0.5, 0.6) is 0 Å². The topological polar surface area (TPSA) is 139 Å². The Balaban J connectivity index is 2.34. The van der Waals surface area contributed by atoms with Gasteiger partial charge in [0.1, 0.15) is 11.6 Å². The van der Waals surface area contributed by atoms with Crippen molar-refractivity contribution in [3.8, 4) is 0 Å².